The lowest BCUT2D eigenvalue weighted by molar-refractivity contribution is 0.0696. The summed E-state index contributed by atoms with van der Waals surface area (Å²) in [5.41, 5.74) is 0.283. The smallest absolute Gasteiger partial charge is 0.336 e. The minimum absolute atomic E-state index is 0.283. The average molecular weight is 291 g/mol. The maximum Gasteiger partial charge on any atom is 0.336 e. The number of methoxy groups -OCH3 is 1. The van der Waals surface area contributed by atoms with Crippen LogP contribution in [0, 0.1) is 0 Å². The lowest BCUT2D eigenvalue weighted by Gasteiger charge is -2.03. The molecule has 0 aromatic heterocycles. The van der Waals surface area contributed by atoms with Crippen molar-refractivity contribution in [1.82, 2.24) is 0 Å². The second kappa shape index (κ2) is 6.15. The Bertz CT molecular complexity index is 355. The fourth-order valence-corrected chi connectivity index (χ4v) is 2.55. The minimum atomic E-state index is -0.921. The van der Waals surface area contributed by atoms with Crippen molar-refractivity contribution in [2.45, 2.75) is 4.90 Å². The predicted octanol–water partition coefficient (Wildman–Crippen LogP) is 2.89. The summed E-state index contributed by atoms with van der Waals surface area (Å²) in [7, 11) is 1.66. The van der Waals surface area contributed by atoms with Crippen molar-refractivity contribution in [2.75, 3.05) is 19.5 Å². The number of halogens is 1. The van der Waals surface area contributed by atoms with Gasteiger partial charge in [-0.2, -0.15) is 0 Å². The van der Waals surface area contributed by atoms with Crippen LogP contribution in [0.1, 0.15) is 10.4 Å². The second-order valence-corrected chi connectivity index (χ2v) is 4.81. The molecule has 3 nitrogen and oxygen atoms in total. The van der Waals surface area contributed by atoms with Gasteiger partial charge < -0.3 is 9.84 Å². The third-order valence-corrected chi connectivity index (χ3v) is 3.34. The topological polar surface area (TPSA) is 46.5 Å². The van der Waals surface area contributed by atoms with Crippen molar-refractivity contribution in [3.8, 4) is 0 Å². The zero-order valence-corrected chi connectivity index (χ0v) is 10.6. The molecule has 0 aliphatic carbocycles. The summed E-state index contributed by atoms with van der Waals surface area (Å²) in [6, 6.07) is 5.21. The molecule has 0 amide bonds. The number of carbonyl (C=O) groups is 1. The summed E-state index contributed by atoms with van der Waals surface area (Å²) < 4.78 is 5.54. The summed E-state index contributed by atoms with van der Waals surface area (Å²) in [6.07, 6.45) is 0. The number of ether oxygens (including phenoxy) is 1. The third-order valence-electron chi connectivity index (χ3n) is 1.73. The molecule has 1 N–H and O–H groups in total. The first-order valence-electron chi connectivity index (χ1n) is 4.29. The van der Waals surface area contributed by atoms with Crippen molar-refractivity contribution in [2.24, 2.45) is 0 Å². The highest BCUT2D eigenvalue weighted by Crippen LogP contribution is 2.25. The van der Waals surface area contributed by atoms with Gasteiger partial charge in [0, 0.05) is 22.2 Å². The lowest BCUT2D eigenvalue weighted by Crippen LogP contribution is -1.97. The Kier molecular flexibility index (Phi) is 5.14. The molecule has 0 spiro atoms. The van der Waals surface area contributed by atoms with Crippen LogP contribution in [0.25, 0.3) is 0 Å². The Labute approximate surface area is 101 Å². The van der Waals surface area contributed by atoms with Crippen LogP contribution < -0.4 is 0 Å². The molecular weight excluding hydrogens is 280 g/mol. The van der Waals surface area contributed by atoms with Crippen LogP contribution in [0.5, 0.6) is 0 Å². The van der Waals surface area contributed by atoms with Crippen LogP contribution in [0.4, 0.5) is 0 Å². The van der Waals surface area contributed by atoms with Gasteiger partial charge in [0.1, 0.15) is 0 Å². The van der Waals surface area contributed by atoms with Gasteiger partial charge in [-0.3, -0.25) is 0 Å². The molecule has 0 bridgehead atoms. The summed E-state index contributed by atoms with van der Waals surface area (Å²) in [5.74, 6) is -0.0645. The van der Waals surface area contributed by atoms with E-state index in [0.29, 0.717) is 11.1 Å². The minimum Gasteiger partial charge on any atom is -0.478 e. The highest BCUT2D eigenvalue weighted by Gasteiger charge is 2.08. The lowest BCUT2D eigenvalue weighted by atomic mass is 10.2. The van der Waals surface area contributed by atoms with Gasteiger partial charge in [0.2, 0.25) is 0 Å². The van der Waals surface area contributed by atoms with Gasteiger partial charge >= 0.3 is 5.97 Å². The molecule has 1 aromatic carbocycles. The van der Waals surface area contributed by atoms with Gasteiger partial charge in [-0.25, -0.2) is 4.79 Å². The van der Waals surface area contributed by atoms with E-state index in [0.717, 1.165) is 10.6 Å². The van der Waals surface area contributed by atoms with Gasteiger partial charge in [-0.1, -0.05) is 0 Å². The molecule has 0 saturated carbocycles. The second-order valence-electron chi connectivity index (χ2n) is 2.79. The number of carboxylic acid groups (broad SMARTS) is 1. The fraction of sp³-hybridized carbons (Fsp3) is 0.300. The molecule has 0 unspecified atom stereocenters. The molecule has 0 radical (unpaired) electrons. The van der Waals surface area contributed by atoms with E-state index >= 15 is 0 Å². The number of hydrogen-bond donors (Lipinski definition) is 1. The first-order chi connectivity index (χ1) is 7.15. The summed E-state index contributed by atoms with van der Waals surface area (Å²) in [5, 5.41) is 8.81. The quantitative estimate of drug-likeness (QED) is 0.669. The van der Waals surface area contributed by atoms with Crippen molar-refractivity contribution in [3.05, 3.63) is 28.2 Å². The summed E-state index contributed by atoms with van der Waals surface area (Å²) >= 11 is 4.86. The van der Waals surface area contributed by atoms with E-state index in [1.165, 1.54) is 0 Å². The molecule has 0 saturated heterocycles. The van der Waals surface area contributed by atoms with E-state index in [-0.39, 0.29) is 5.56 Å². The van der Waals surface area contributed by atoms with Crippen LogP contribution >= 0.6 is 27.7 Å². The monoisotopic (exact) mass is 290 g/mol. The van der Waals surface area contributed by atoms with E-state index in [4.69, 9.17) is 9.84 Å². The maximum atomic E-state index is 10.7. The van der Waals surface area contributed by atoms with Crippen LogP contribution in [0.3, 0.4) is 0 Å². The molecule has 82 valence electrons. The standard InChI is InChI=1S/C10H11BrO3S/c1-14-4-5-15-7-2-3-8(10(12)13)9(11)6-7/h2-3,6H,4-5H2,1H3,(H,12,13). The highest BCUT2D eigenvalue weighted by atomic mass is 79.9. The molecule has 1 aromatic rings. The number of aromatic carboxylic acids is 1. The Morgan fingerprint density at radius 2 is 2.33 bits per heavy atom. The molecule has 5 heteroatoms. The third kappa shape index (κ3) is 3.85. The summed E-state index contributed by atoms with van der Waals surface area (Å²) in [4.78, 5) is 11.8. The molecule has 15 heavy (non-hydrogen) atoms. The highest BCUT2D eigenvalue weighted by molar-refractivity contribution is 9.10. The van der Waals surface area contributed by atoms with Gasteiger partial charge in [0.05, 0.1) is 12.2 Å². The molecule has 0 atom stereocenters. The van der Waals surface area contributed by atoms with E-state index in [2.05, 4.69) is 15.9 Å². The van der Waals surface area contributed by atoms with E-state index in [1.54, 1.807) is 31.0 Å². The van der Waals surface area contributed by atoms with E-state index in [1.807, 2.05) is 6.07 Å². The van der Waals surface area contributed by atoms with Crippen molar-refractivity contribution >= 4 is 33.7 Å². The van der Waals surface area contributed by atoms with Crippen LogP contribution in [-0.4, -0.2) is 30.5 Å². The molecule has 1 rings (SSSR count). The molecule has 0 aliphatic rings. The number of hydrogen-bond acceptors (Lipinski definition) is 3. The van der Waals surface area contributed by atoms with Crippen LogP contribution in [0.2, 0.25) is 0 Å². The van der Waals surface area contributed by atoms with E-state index < -0.39 is 5.97 Å². The Morgan fingerprint density at radius 1 is 1.60 bits per heavy atom. The fourth-order valence-electron chi connectivity index (χ4n) is 1.00. The van der Waals surface area contributed by atoms with Crippen molar-refractivity contribution < 1.29 is 14.6 Å². The van der Waals surface area contributed by atoms with Crippen LogP contribution in [0.15, 0.2) is 27.6 Å². The predicted molar refractivity (Wildman–Crippen MR) is 63.7 cm³/mol. The van der Waals surface area contributed by atoms with Crippen LogP contribution in [-0.2, 0) is 4.74 Å². The molecule has 0 aliphatic heterocycles. The molecule has 0 heterocycles. The Morgan fingerprint density at radius 3 is 2.87 bits per heavy atom. The first kappa shape index (κ1) is 12.5. The Balaban J connectivity index is 2.69. The average Bonchev–Trinajstić information content (AvgIpc) is 2.17. The molecular formula is C10H11BrO3S. The zero-order chi connectivity index (χ0) is 11.3. The number of benzene rings is 1. The van der Waals surface area contributed by atoms with Gasteiger partial charge in [-0.05, 0) is 34.1 Å². The van der Waals surface area contributed by atoms with Gasteiger partial charge in [0.15, 0.2) is 0 Å². The normalized spacial score (nSPS) is 10.3. The van der Waals surface area contributed by atoms with E-state index in [9.17, 15) is 4.79 Å². The zero-order valence-electron chi connectivity index (χ0n) is 8.20. The first-order valence-corrected chi connectivity index (χ1v) is 6.07. The SMILES string of the molecule is COCCSc1ccc(C(=O)O)c(Br)c1. The van der Waals surface area contributed by atoms with Gasteiger partial charge in [0.25, 0.3) is 0 Å². The van der Waals surface area contributed by atoms with Gasteiger partial charge in [-0.15, -0.1) is 11.8 Å². The number of carboxylic acids is 1. The number of thioether (sulfide) groups is 1. The molecule has 0 fully saturated rings. The van der Waals surface area contributed by atoms with Crippen molar-refractivity contribution in [3.63, 3.8) is 0 Å². The summed E-state index contributed by atoms with van der Waals surface area (Å²) in [6.45, 7) is 0.683. The van der Waals surface area contributed by atoms with Crippen molar-refractivity contribution in [1.29, 1.82) is 0 Å². The Hall–Kier alpha value is -0.520. The number of rotatable bonds is 5. The largest absolute Gasteiger partial charge is 0.478 e. The maximum absolute atomic E-state index is 10.7.